The van der Waals surface area contributed by atoms with Crippen LogP contribution in [0.25, 0.3) is 0 Å². The summed E-state index contributed by atoms with van der Waals surface area (Å²) < 4.78 is 17.8. The summed E-state index contributed by atoms with van der Waals surface area (Å²) in [5.41, 5.74) is 1.00. The highest BCUT2D eigenvalue weighted by molar-refractivity contribution is 5.71. The highest BCUT2D eigenvalue weighted by atomic mass is 19.1. The Morgan fingerprint density at radius 1 is 1.44 bits per heavy atom. The van der Waals surface area contributed by atoms with Gasteiger partial charge in [-0.15, -0.1) is 0 Å². The molecule has 0 saturated heterocycles. The molecule has 18 heavy (non-hydrogen) atoms. The zero-order valence-corrected chi connectivity index (χ0v) is 10.6. The first kappa shape index (κ1) is 14.6. The number of nitrogens with zero attached hydrogens (tertiary/aromatic N) is 1. The molecule has 1 rings (SSSR count). The normalized spacial score (nSPS) is 12.7. The molecule has 0 heterocycles. The van der Waals surface area contributed by atoms with Crippen molar-refractivity contribution in [3.8, 4) is 0 Å². The Balaban J connectivity index is 2.27. The molecule has 1 unspecified atom stereocenters. The number of halogens is 1. The van der Waals surface area contributed by atoms with Gasteiger partial charge in [0.2, 0.25) is 0 Å². The molecule has 0 aromatic heterocycles. The van der Waals surface area contributed by atoms with Gasteiger partial charge in [0, 0.05) is 13.1 Å². The molecule has 4 nitrogen and oxygen atoms in total. The maximum atomic E-state index is 12.7. The molecular weight excluding hydrogens is 237 g/mol. The molecule has 1 atom stereocenters. The van der Waals surface area contributed by atoms with Gasteiger partial charge in [-0.25, -0.2) is 9.18 Å². The minimum absolute atomic E-state index is 0.250. The predicted octanol–water partition coefficient (Wildman–Crippen LogP) is 1.75. The van der Waals surface area contributed by atoms with Crippen molar-refractivity contribution in [2.45, 2.75) is 19.6 Å². The van der Waals surface area contributed by atoms with Gasteiger partial charge in [0.25, 0.3) is 0 Å². The lowest BCUT2D eigenvalue weighted by molar-refractivity contribution is -0.149. The molecule has 0 radical (unpaired) electrons. The molecule has 0 bridgehead atoms. The second-order valence-corrected chi connectivity index (χ2v) is 4.22. The summed E-state index contributed by atoms with van der Waals surface area (Å²) in [6, 6.07) is 6.30. The molecule has 1 N–H and O–H groups in total. The van der Waals surface area contributed by atoms with Crippen molar-refractivity contribution in [2.75, 3.05) is 20.2 Å². The SMILES string of the molecule is CC(OCCN(C)Cc1ccc(F)cc1)C(=O)O. The molecule has 0 spiro atoms. The molecule has 1 aromatic carbocycles. The van der Waals surface area contributed by atoms with Gasteiger partial charge in [-0.05, 0) is 31.7 Å². The highest BCUT2D eigenvalue weighted by Crippen LogP contribution is 2.05. The Kier molecular flexibility index (Phi) is 5.74. The van der Waals surface area contributed by atoms with Crippen LogP contribution in [0, 0.1) is 5.82 Å². The molecule has 5 heteroatoms. The van der Waals surface area contributed by atoms with Crippen LogP contribution >= 0.6 is 0 Å². The van der Waals surface area contributed by atoms with Gasteiger partial charge < -0.3 is 9.84 Å². The van der Waals surface area contributed by atoms with Crippen LogP contribution in [0.3, 0.4) is 0 Å². The molecule has 0 fully saturated rings. The van der Waals surface area contributed by atoms with Crippen LogP contribution in [-0.2, 0) is 16.1 Å². The van der Waals surface area contributed by atoms with E-state index >= 15 is 0 Å². The van der Waals surface area contributed by atoms with Crippen molar-refractivity contribution in [3.05, 3.63) is 35.6 Å². The van der Waals surface area contributed by atoms with Crippen LogP contribution in [0.4, 0.5) is 4.39 Å². The summed E-state index contributed by atoms with van der Waals surface area (Å²) in [5, 5.41) is 8.63. The molecular formula is C13H18FNO3. The fourth-order valence-electron chi connectivity index (χ4n) is 1.44. The van der Waals surface area contributed by atoms with E-state index in [4.69, 9.17) is 9.84 Å². The summed E-state index contributed by atoms with van der Waals surface area (Å²) in [5.74, 6) is -1.21. The molecule has 100 valence electrons. The minimum atomic E-state index is -0.962. The van der Waals surface area contributed by atoms with Crippen molar-refractivity contribution in [2.24, 2.45) is 0 Å². The van der Waals surface area contributed by atoms with Gasteiger partial charge >= 0.3 is 5.97 Å². The molecule has 0 amide bonds. The number of hydrogen-bond acceptors (Lipinski definition) is 3. The number of ether oxygens (including phenoxy) is 1. The summed E-state index contributed by atoms with van der Waals surface area (Å²) in [6.45, 7) is 3.15. The summed E-state index contributed by atoms with van der Waals surface area (Å²) in [6.07, 6.45) is -0.788. The largest absolute Gasteiger partial charge is 0.479 e. The Morgan fingerprint density at radius 3 is 2.61 bits per heavy atom. The monoisotopic (exact) mass is 255 g/mol. The third-order valence-corrected chi connectivity index (χ3v) is 2.55. The van der Waals surface area contributed by atoms with E-state index in [1.54, 1.807) is 12.1 Å². The lowest BCUT2D eigenvalue weighted by Crippen LogP contribution is -2.27. The van der Waals surface area contributed by atoms with Crippen LogP contribution in [-0.4, -0.2) is 42.3 Å². The van der Waals surface area contributed by atoms with Gasteiger partial charge in [-0.2, -0.15) is 0 Å². The Hall–Kier alpha value is -1.46. The molecule has 0 saturated carbocycles. The summed E-state index contributed by atoms with van der Waals surface area (Å²) >= 11 is 0. The van der Waals surface area contributed by atoms with Gasteiger partial charge in [0.15, 0.2) is 6.10 Å². The van der Waals surface area contributed by atoms with Crippen molar-refractivity contribution in [1.82, 2.24) is 4.90 Å². The standard InChI is InChI=1S/C13H18FNO3/c1-10(13(16)17)18-8-7-15(2)9-11-3-5-12(14)6-4-11/h3-6,10H,7-9H2,1-2H3,(H,16,17). The zero-order valence-electron chi connectivity index (χ0n) is 10.6. The third-order valence-electron chi connectivity index (χ3n) is 2.55. The van der Waals surface area contributed by atoms with Gasteiger partial charge in [0.1, 0.15) is 5.82 Å². The topological polar surface area (TPSA) is 49.8 Å². The Bertz CT molecular complexity index is 380. The number of benzene rings is 1. The van der Waals surface area contributed by atoms with Crippen LogP contribution in [0.5, 0.6) is 0 Å². The number of rotatable bonds is 7. The highest BCUT2D eigenvalue weighted by Gasteiger charge is 2.10. The van der Waals surface area contributed by atoms with E-state index in [0.29, 0.717) is 19.7 Å². The number of aliphatic carboxylic acids is 1. The average molecular weight is 255 g/mol. The van der Waals surface area contributed by atoms with E-state index in [1.807, 2.05) is 11.9 Å². The number of carbonyl (C=O) groups is 1. The van der Waals surface area contributed by atoms with E-state index in [1.165, 1.54) is 19.1 Å². The fraction of sp³-hybridized carbons (Fsp3) is 0.462. The van der Waals surface area contributed by atoms with Crippen molar-refractivity contribution in [3.63, 3.8) is 0 Å². The van der Waals surface area contributed by atoms with E-state index < -0.39 is 12.1 Å². The van der Waals surface area contributed by atoms with Gasteiger partial charge in [0.05, 0.1) is 6.61 Å². The van der Waals surface area contributed by atoms with Crippen molar-refractivity contribution >= 4 is 5.97 Å². The smallest absolute Gasteiger partial charge is 0.332 e. The zero-order chi connectivity index (χ0) is 13.5. The Labute approximate surface area is 106 Å². The van der Waals surface area contributed by atoms with E-state index in [0.717, 1.165) is 5.56 Å². The molecule has 0 aliphatic rings. The summed E-state index contributed by atoms with van der Waals surface area (Å²) in [7, 11) is 1.90. The number of carboxylic acids is 1. The second kappa shape index (κ2) is 7.08. The lowest BCUT2D eigenvalue weighted by Gasteiger charge is -2.17. The van der Waals surface area contributed by atoms with Crippen LogP contribution < -0.4 is 0 Å². The van der Waals surface area contributed by atoms with E-state index in [2.05, 4.69) is 0 Å². The maximum Gasteiger partial charge on any atom is 0.332 e. The lowest BCUT2D eigenvalue weighted by atomic mass is 10.2. The van der Waals surface area contributed by atoms with Crippen LogP contribution in [0.15, 0.2) is 24.3 Å². The number of hydrogen-bond donors (Lipinski definition) is 1. The molecule has 1 aromatic rings. The number of carboxylic acid groups (broad SMARTS) is 1. The average Bonchev–Trinajstić information content (AvgIpc) is 2.32. The Morgan fingerprint density at radius 2 is 2.06 bits per heavy atom. The minimum Gasteiger partial charge on any atom is -0.479 e. The quantitative estimate of drug-likeness (QED) is 0.806. The van der Waals surface area contributed by atoms with Gasteiger partial charge in [-0.3, -0.25) is 4.90 Å². The first-order valence-corrected chi connectivity index (χ1v) is 5.76. The predicted molar refractivity (Wildman–Crippen MR) is 65.8 cm³/mol. The summed E-state index contributed by atoms with van der Waals surface area (Å²) in [4.78, 5) is 12.5. The van der Waals surface area contributed by atoms with Crippen LogP contribution in [0.1, 0.15) is 12.5 Å². The van der Waals surface area contributed by atoms with E-state index in [9.17, 15) is 9.18 Å². The van der Waals surface area contributed by atoms with Crippen molar-refractivity contribution in [1.29, 1.82) is 0 Å². The first-order chi connectivity index (χ1) is 8.49. The first-order valence-electron chi connectivity index (χ1n) is 5.76. The van der Waals surface area contributed by atoms with E-state index in [-0.39, 0.29) is 5.82 Å². The van der Waals surface area contributed by atoms with Crippen molar-refractivity contribution < 1.29 is 19.0 Å². The third kappa shape index (κ3) is 5.25. The number of likely N-dealkylation sites (N-methyl/N-ethyl adjacent to an activating group) is 1. The van der Waals surface area contributed by atoms with Gasteiger partial charge in [-0.1, -0.05) is 12.1 Å². The molecule has 0 aliphatic heterocycles. The fourth-order valence-corrected chi connectivity index (χ4v) is 1.44. The maximum absolute atomic E-state index is 12.7. The van der Waals surface area contributed by atoms with Crippen LogP contribution in [0.2, 0.25) is 0 Å². The molecule has 0 aliphatic carbocycles. The second-order valence-electron chi connectivity index (χ2n) is 4.22.